The van der Waals surface area contributed by atoms with Gasteiger partial charge in [-0.05, 0) is 165 Å². The number of aromatic nitrogens is 2. The second-order valence-electron chi connectivity index (χ2n) is 21.8. The van der Waals surface area contributed by atoms with Gasteiger partial charge in [0, 0.05) is 55.0 Å². The van der Waals surface area contributed by atoms with Crippen LogP contribution in [0.2, 0.25) is 0 Å². The summed E-state index contributed by atoms with van der Waals surface area (Å²) in [5.74, 6) is 4.73. The number of rotatable bonds is 11. The molecular formula is C72H62B2N6O. The molecule has 81 heavy (non-hydrogen) atoms. The molecule has 5 aliphatic rings. The molecule has 7 aromatic carbocycles. The summed E-state index contributed by atoms with van der Waals surface area (Å²) in [6.07, 6.45) is 26.5. The van der Waals surface area contributed by atoms with Gasteiger partial charge in [0.1, 0.15) is 17.3 Å². The highest BCUT2D eigenvalue weighted by atomic mass is 16.5. The summed E-state index contributed by atoms with van der Waals surface area (Å²) >= 11 is 0. The van der Waals surface area contributed by atoms with Crippen molar-refractivity contribution in [2.45, 2.75) is 51.8 Å². The summed E-state index contributed by atoms with van der Waals surface area (Å²) in [6, 6.07) is 28.9. The van der Waals surface area contributed by atoms with Gasteiger partial charge in [0.05, 0.1) is 41.4 Å². The summed E-state index contributed by atoms with van der Waals surface area (Å²) in [5.41, 5.74) is 6.46. The highest BCUT2D eigenvalue weighted by Crippen LogP contribution is 2.47. The fourth-order valence-corrected chi connectivity index (χ4v) is 11.7. The van der Waals surface area contributed by atoms with Gasteiger partial charge in [0.2, 0.25) is 0 Å². The molecule has 0 spiro atoms. The largest absolute Gasteiger partial charge is 0.457 e. The summed E-state index contributed by atoms with van der Waals surface area (Å²) in [6.45, 7) is 0.947. The maximum atomic E-state index is 9.37. The predicted octanol–water partition coefficient (Wildman–Crippen LogP) is 17.1. The SMILES string of the molecule is [2H]c1c([2H])c([2H])c(-c2cc(Oc3ccc4c5c([2H])c([2H])c([2H])c([2H])c5n(-c5cc(C(c6ccccc6)(C([2H])([2H])[2H])C([2H])([2H])[2H])ccn5)c4c3)cc(N3CN(Cc4c(C5=CC=CN6C=CC=CB56)cc(C(C)(C)C)cc4C4=CC=CN5C=CC=CB45)c4ccccc43)c2)c([2H])c1[2H]. The van der Waals surface area contributed by atoms with E-state index in [1.165, 1.54) is 40.6 Å². The number of pyridine rings is 1. The Balaban J connectivity index is 0.934. The fraction of sp³-hybridized carbons (Fsp3) is 0.125. The van der Waals surface area contributed by atoms with E-state index in [0.717, 1.165) is 39.0 Å². The average Bonchev–Trinajstić information content (AvgIpc) is 1.65. The van der Waals surface area contributed by atoms with Crippen molar-refractivity contribution in [3.63, 3.8) is 0 Å². The molecule has 0 fully saturated rings. The van der Waals surface area contributed by atoms with Gasteiger partial charge in [0.15, 0.2) is 0 Å². The van der Waals surface area contributed by atoms with E-state index in [1.54, 1.807) is 48.5 Å². The smallest absolute Gasteiger partial charge is 0.320 e. The molecule has 0 amide bonds. The Bertz CT molecular complexity index is 4880. The van der Waals surface area contributed by atoms with Gasteiger partial charge in [-0.15, -0.1) is 0 Å². The molecule has 9 aromatic rings. The zero-order valence-electron chi connectivity index (χ0n) is 59.8. The van der Waals surface area contributed by atoms with Gasteiger partial charge in [-0.2, -0.15) is 0 Å². The molecule has 392 valence electrons. The van der Waals surface area contributed by atoms with Gasteiger partial charge in [-0.1, -0.05) is 174 Å². The number of ether oxygens (including phenoxy) is 1. The molecule has 14 rings (SSSR count). The molecule has 0 unspecified atom stereocenters. The molecule has 7 nitrogen and oxygen atoms in total. The molecule has 0 saturated heterocycles. The Hall–Kier alpha value is -9.46. The van der Waals surface area contributed by atoms with Gasteiger partial charge < -0.3 is 24.2 Å². The molecule has 0 N–H and O–H groups in total. The highest BCUT2D eigenvalue weighted by molar-refractivity contribution is 6.83. The monoisotopic (exact) mass is 1060 g/mol. The van der Waals surface area contributed by atoms with Crippen LogP contribution in [0.3, 0.4) is 0 Å². The van der Waals surface area contributed by atoms with Crippen LogP contribution in [-0.4, -0.2) is 39.5 Å². The maximum absolute atomic E-state index is 9.37. The fourth-order valence-electron chi connectivity index (χ4n) is 11.7. The molecule has 0 saturated carbocycles. The van der Waals surface area contributed by atoms with Crippen LogP contribution in [0.4, 0.5) is 17.1 Å². The van der Waals surface area contributed by atoms with E-state index in [9.17, 15) is 5.48 Å². The summed E-state index contributed by atoms with van der Waals surface area (Å²) in [5, 5.41) is 0.442. The zero-order valence-corrected chi connectivity index (χ0v) is 44.8. The van der Waals surface area contributed by atoms with Crippen LogP contribution in [-0.2, 0) is 17.4 Å². The minimum atomic E-state index is -3.16. The van der Waals surface area contributed by atoms with Gasteiger partial charge >= 0.3 is 13.7 Å². The minimum Gasteiger partial charge on any atom is -0.457 e. The lowest BCUT2D eigenvalue weighted by molar-refractivity contribution is 0.483. The predicted molar refractivity (Wildman–Crippen MR) is 340 cm³/mol. The number of para-hydroxylation sites is 3. The van der Waals surface area contributed by atoms with Crippen LogP contribution in [0.15, 0.2) is 261 Å². The lowest BCUT2D eigenvalue weighted by atomic mass is 9.48. The lowest BCUT2D eigenvalue weighted by Crippen LogP contribution is -2.37. The first kappa shape index (κ1) is 35.9. The Morgan fingerprint density at radius 2 is 1.26 bits per heavy atom. The van der Waals surface area contributed by atoms with E-state index in [-0.39, 0.29) is 87.8 Å². The number of allylic oxidation sites excluding steroid dienone is 8. The average molecular weight is 1060 g/mol. The van der Waals surface area contributed by atoms with Crippen molar-refractivity contribution in [2.24, 2.45) is 0 Å². The van der Waals surface area contributed by atoms with Crippen molar-refractivity contribution in [3.8, 4) is 28.4 Å². The van der Waals surface area contributed by atoms with Crippen LogP contribution in [0.25, 0.3) is 49.7 Å². The Morgan fingerprint density at radius 1 is 0.580 bits per heavy atom. The van der Waals surface area contributed by atoms with E-state index in [4.69, 9.17) is 19.8 Å². The third-order valence-corrected chi connectivity index (χ3v) is 15.8. The van der Waals surface area contributed by atoms with Crippen LogP contribution >= 0.6 is 0 Å². The van der Waals surface area contributed by atoms with Gasteiger partial charge in [0.25, 0.3) is 0 Å². The topological polar surface area (TPSA) is 40.0 Å². The Morgan fingerprint density at radius 3 is 1.98 bits per heavy atom. The van der Waals surface area contributed by atoms with E-state index < -0.39 is 67.5 Å². The molecular weight excluding hydrogens is 986 g/mol. The van der Waals surface area contributed by atoms with Crippen LogP contribution in [0, 0.1) is 0 Å². The first-order chi connectivity index (χ1) is 45.8. The van der Waals surface area contributed by atoms with Crippen molar-refractivity contribution in [3.05, 3.63) is 295 Å². The first-order valence-corrected chi connectivity index (χ1v) is 27.1. The van der Waals surface area contributed by atoms with Crippen molar-refractivity contribution in [1.29, 1.82) is 0 Å². The second-order valence-corrected chi connectivity index (χ2v) is 21.8. The molecule has 9 heteroatoms. The number of nitrogens with zero attached hydrogens (tertiary/aromatic N) is 6. The third-order valence-electron chi connectivity index (χ3n) is 15.8. The Kier molecular flexibility index (Phi) is 8.88. The van der Waals surface area contributed by atoms with E-state index in [2.05, 4.69) is 137 Å². The normalized spacial score (nSPS) is 18.4. The van der Waals surface area contributed by atoms with Crippen molar-refractivity contribution >= 4 is 63.5 Å². The number of hydrogen-bond donors (Lipinski definition) is 0. The van der Waals surface area contributed by atoms with Gasteiger partial charge in [-0.3, -0.25) is 4.57 Å². The number of anilines is 3. The number of hydrogen-bond acceptors (Lipinski definition) is 6. The minimum absolute atomic E-state index is 0.000381. The molecule has 0 atom stereocenters. The van der Waals surface area contributed by atoms with Crippen LogP contribution < -0.4 is 14.5 Å². The molecule has 7 heterocycles. The van der Waals surface area contributed by atoms with Crippen molar-refractivity contribution in [2.75, 3.05) is 16.5 Å². The summed E-state index contributed by atoms with van der Waals surface area (Å²) in [7, 11) is 0. The first-order valence-electron chi connectivity index (χ1n) is 34.6. The molecule has 2 aromatic heterocycles. The molecule has 0 bridgehead atoms. The maximum Gasteiger partial charge on any atom is 0.320 e. The standard InChI is InChI=1S/C72H62B2N6O/c1-71(2,3)55-44-61(64-27-20-40-77-38-18-16-35-73(64)77)63(62(45-55)65-28-21-41-78-39-19-17-36-74(65)78)49-76-50-79(68-31-15-14-30-67(68)76)56-42-52(51-22-8-6-9-23-51)43-58(47-56)81-57-32-33-60-59-26-12-13-29-66(59)80(69(60)48-57)70-46-54(34-37-75-70)72(4,5)53-24-10-7-11-25-53/h6-48H,49-50H2,1-5H3/i4D3,5D3,6D,8D,9D,12D,13D,22D,23D,26D,29D. The zero-order chi connectivity index (χ0) is 67.7. The summed E-state index contributed by atoms with van der Waals surface area (Å²) < 4.78 is 143. The lowest BCUT2D eigenvalue weighted by Gasteiger charge is -2.35. The highest BCUT2D eigenvalue weighted by Gasteiger charge is 2.36. The van der Waals surface area contributed by atoms with Crippen molar-refractivity contribution in [1.82, 2.24) is 19.2 Å². The van der Waals surface area contributed by atoms with Crippen LogP contribution in [0.5, 0.6) is 11.5 Å². The molecule has 0 aliphatic carbocycles. The van der Waals surface area contributed by atoms with E-state index >= 15 is 0 Å². The number of benzene rings is 7. The quantitative estimate of drug-likeness (QED) is 0.120. The van der Waals surface area contributed by atoms with Gasteiger partial charge in [-0.25, -0.2) is 4.98 Å². The van der Waals surface area contributed by atoms with E-state index in [0.29, 0.717) is 17.6 Å². The number of fused-ring (bicyclic) bond motifs is 6. The summed E-state index contributed by atoms with van der Waals surface area (Å²) in [4.78, 5) is 13.5. The Labute approximate surface area is 497 Å². The van der Waals surface area contributed by atoms with Crippen LogP contribution in [0.1, 0.15) is 88.4 Å². The van der Waals surface area contributed by atoms with Crippen molar-refractivity contribution < 1.29 is 25.3 Å². The molecule has 5 aliphatic heterocycles. The molecule has 0 radical (unpaired) electrons. The second kappa shape index (κ2) is 20.0. The third kappa shape index (κ3) is 9.03. The van der Waals surface area contributed by atoms with E-state index in [1.807, 2.05) is 36.4 Å².